The van der Waals surface area contributed by atoms with Crippen LogP contribution in [0, 0.1) is 5.92 Å². The minimum atomic E-state index is 0.858. The molecule has 1 N–H and O–H groups in total. The highest BCUT2D eigenvalue weighted by atomic mass is 15.1. The number of likely N-dealkylation sites (N-methyl/N-ethyl adjacent to an activating group) is 1. The van der Waals surface area contributed by atoms with Crippen molar-refractivity contribution in [2.45, 2.75) is 31.7 Å². The molecule has 1 unspecified atom stereocenters. The van der Waals surface area contributed by atoms with E-state index in [0.717, 1.165) is 12.0 Å². The molecular formula is C13H27N3. The smallest absolute Gasteiger partial charge is 0.0104 e. The van der Waals surface area contributed by atoms with Gasteiger partial charge in [0.25, 0.3) is 0 Å². The molecule has 0 spiro atoms. The van der Waals surface area contributed by atoms with Gasteiger partial charge in [-0.1, -0.05) is 0 Å². The van der Waals surface area contributed by atoms with Crippen molar-refractivity contribution in [3.8, 4) is 0 Å². The molecule has 3 heteroatoms. The highest BCUT2D eigenvalue weighted by molar-refractivity contribution is 4.81. The zero-order chi connectivity index (χ0) is 11.4. The van der Waals surface area contributed by atoms with Crippen LogP contribution in [0.5, 0.6) is 0 Å². The fraction of sp³-hybridized carbons (Fsp3) is 1.00. The van der Waals surface area contributed by atoms with Gasteiger partial charge in [-0.25, -0.2) is 0 Å². The fourth-order valence-corrected chi connectivity index (χ4v) is 2.52. The van der Waals surface area contributed by atoms with Crippen molar-refractivity contribution in [2.24, 2.45) is 5.92 Å². The van der Waals surface area contributed by atoms with Gasteiger partial charge in [0.1, 0.15) is 0 Å². The Bertz CT molecular complexity index is 203. The zero-order valence-corrected chi connectivity index (χ0v) is 10.9. The summed E-state index contributed by atoms with van der Waals surface area (Å²) in [5, 5.41) is 3.57. The minimum Gasteiger partial charge on any atom is -0.313 e. The van der Waals surface area contributed by atoms with Gasteiger partial charge in [0, 0.05) is 25.7 Å². The first-order valence-electron chi connectivity index (χ1n) is 6.84. The lowest BCUT2D eigenvalue weighted by atomic mass is 10.1. The van der Waals surface area contributed by atoms with Crippen molar-refractivity contribution >= 4 is 0 Å². The molecule has 0 aromatic heterocycles. The monoisotopic (exact) mass is 225 g/mol. The number of nitrogens with zero attached hydrogens (tertiary/aromatic N) is 2. The quantitative estimate of drug-likeness (QED) is 0.698. The van der Waals surface area contributed by atoms with E-state index in [4.69, 9.17) is 0 Å². The molecule has 0 amide bonds. The Kier molecular flexibility index (Phi) is 4.62. The van der Waals surface area contributed by atoms with E-state index >= 15 is 0 Å². The van der Waals surface area contributed by atoms with Crippen LogP contribution in [0.15, 0.2) is 0 Å². The summed E-state index contributed by atoms with van der Waals surface area (Å²) in [6.45, 7) is 6.27. The molecular weight excluding hydrogens is 198 g/mol. The van der Waals surface area contributed by atoms with Gasteiger partial charge in [-0.15, -0.1) is 0 Å². The van der Waals surface area contributed by atoms with E-state index in [1.165, 1.54) is 58.4 Å². The Morgan fingerprint density at radius 2 is 2.06 bits per heavy atom. The summed E-state index contributed by atoms with van der Waals surface area (Å²) in [5.41, 5.74) is 0. The summed E-state index contributed by atoms with van der Waals surface area (Å²) in [7, 11) is 4.50. The van der Waals surface area contributed by atoms with E-state index in [0.29, 0.717) is 0 Å². The van der Waals surface area contributed by atoms with Crippen molar-refractivity contribution in [3.05, 3.63) is 0 Å². The Labute approximate surface area is 100 Å². The molecule has 2 aliphatic rings. The molecule has 2 rings (SSSR count). The molecule has 94 valence electrons. The van der Waals surface area contributed by atoms with Crippen molar-refractivity contribution < 1.29 is 0 Å². The zero-order valence-electron chi connectivity index (χ0n) is 10.9. The van der Waals surface area contributed by atoms with Crippen molar-refractivity contribution in [3.63, 3.8) is 0 Å². The summed E-state index contributed by atoms with van der Waals surface area (Å²) < 4.78 is 0. The molecule has 1 heterocycles. The van der Waals surface area contributed by atoms with Gasteiger partial charge >= 0.3 is 0 Å². The standard InChI is InChI=1S/C13H27N3/c1-15(10-7-14-13-3-4-13)8-5-12-6-9-16(2)11-12/h12-14H,3-11H2,1-2H3. The van der Waals surface area contributed by atoms with Gasteiger partial charge in [0.05, 0.1) is 0 Å². The van der Waals surface area contributed by atoms with Crippen LogP contribution < -0.4 is 5.32 Å². The summed E-state index contributed by atoms with van der Waals surface area (Å²) in [5.74, 6) is 0.948. The first-order chi connectivity index (χ1) is 7.74. The van der Waals surface area contributed by atoms with E-state index in [-0.39, 0.29) is 0 Å². The normalized spacial score (nSPS) is 26.8. The number of rotatable bonds is 7. The lowest BCUT2D eigenvalue weighted by Gasteiger charge is -2.19. The molecule has 0 aromatic carbocycles. The van der Waals surface area contributed by atoms with E-state index < -0.39 is 0 Å². The Hall–Kier alpha value is -0.120. The highest BCUT2D eigenvalue weighted by Gasteiger charge is 2.21. The van der Waals surface area contributed by atoms with Crippen molar-refractivity contribution in [1.29, 1.82) is 0 Å². The Morgan fingerprint density at radius 3 is 2.69 bits per heavy atom. The van der Waals surface area contributed by atoms with Gasteiger partial charge in [-0.2, -0.15) is 0 Å². The second-order valence-electron chi connectivity index (χ2n) is 5.74. The molecule has 16 heavy (non-hydrogen) atoms. The number of hydrogen-bond donors (Lipinski definition) is 1. The summed E-state index contributed by atoms with van der Waals surface area (Å²) >= 11 is 0. The van der Waals surface area contributed by atoms with Gasteiger partial charge in [0.15, 0.2) is 0 Å². The molecule has 1 atom stereocenters. The molecule has 0 aromatic rings. The number of nitrogens with one attached hydrogen (secondary N) is 1. The maximum Gasteiger partial charge on any atom is 0.0104 e. The average Bonchev–Trinajstić information content (AvgIpc) is 2.98. The van der Waals surface area contributed by atoms with Gasteiger partial charge in [0.2, 0.25) is 0 Å². The fourth-order valence-electron chi connectivity index (χ4n) is 2.52. The van der Waals surface area contributed by atoms with E-state index in [1.807, 2.05) is 0 Å². The van der Waals surface area contributed by atoms with Crippen molar-refractivity contribution in [1.82, 2.24) is 15.1 Å². The summed E-state index contributed by atoms with van der Waals surface area (Å²) in [4.78, 5) is 4.94. The first kappa shape index (κ1) is 12.3. The average molecular weight is 225 g/mol. The van der Waals surface area contributed by atoms with Crippen LogP contribution in [0.2, 0.25) is 0 Å². The molecule has 1 saturated heterocycles. The van der Waals surface area contributed by atoms with Crippen LogP contribution in [0.3, 0.4) is 0 Å². The Balaban J connectivity index is 1.47. The van der Waals surface area contributed by atoms with E-state index in [1.54, 1.807) is 0 Å². The van der Waals surface area contributed by atoms with Crippen molar-refractivity contribution in [2.75, 3.05) is 46.8 Å². The molecule has 3 nitrogen and oxygen atoms in total. The lowest BCUT2D eigenvalue weighted by molar-refractivity contribution is 0.295. The van der Waals surface area contributed by atoms with Crippen LogP contribution in [-0.2, 0) is 0 Å². The van der Waals surface area contributed by atoms with E-state index in [2.05, 4.69) is 29.2 Å². The van der Waals surface area contributed by atoms with Gasteiger partial charge in [-0.3, -0.25) is 0 Å². The second kappa shape index (κ2) is 5.99. The van der Waals surface area contributed by atoms with Crippen LogP contribution in [-0.4, -0.2) is 62.7 Å². The number of likely N-dealkylation sites (tertiary alicyclic amines) is 1. The van der Waals surface area contributed by atoms with Crippen LogP contribution in [0.4, 0.5) is 0 Å². The molecule has 1 saturated carbocycles. The maximum atomic E-state index is 3.57. The van der Waals surface area contributed by atoms with Gasteiger partial charge in [-0.05, 0) is 58.8 Å². The molecule has 0 radical (unpaired) electrons. The third-order valence-corrected chi connectivity index (χ3v) is 3.91. The maximum absolute atomic E-state index is 3.57. The summed E-state index contributed by atoms with van der Waals surface area (Å²) in [6, 6.07) is 0.858. The first-order valence-corrected chi connectivity index (χ1v) is 6.84. The van der Waals surface area contributed by atoms with E-state index in [9.17, 15) is 0 Å². The third-order valence-electron chi connectivity index (χ3n) is 3.91. The topological polar surface area (TPSA) is 18.5 Å². The predicted molar refractivity (Wildman–Crippen MR) is 68.7 cm³/mol. The lowest BCUT2D eigenvalue weighted by Crippen LogP contribution is -2.31. The van der Waals surface area contributed by atoms with Crippen LogP contribution >= 0.6 is 0 Å². The predicted octanol–water partition coefficient (Wildman–Crippen LogP) is 1.01. The largest absolute Gasteiger partial charge is 0.313 e. The Morgan fingerprint density at radius 1 is 1.25 bits per heavy atom. The highest BCUT2D eigenvalue weighted by Crippen LogP contribution is 2.19. The molecule has 2 fully saturated rings. The SMILES string of the molecule is CN(CCNC1CC1)CCC1CCN(C)C1. The molecule has 0 bridgehead atoms. The van der Waals surface area contributed by atoms with Crippen LogP contribution in [0.1, 0.15) is 25.7 Å². The molecule has 1 aliphatic heterocycles. The van der Waals surface area contributed by atoms with Crippen LogP contribution in [0.25, 0.3) is 0 Å². The van der Waals surface area contributed by atoms with Gasteiger partial charge < -0.3 is 15.1 Å². The minimum absolute atomic E-state index is 0.858. The third kappa shape index (κ3) is 4.40. The second-order valence-corrected chi connectivity index (χ2v) is 5.74. The molecule has 1 aliphatic carbocycles. The number of hydrogen-bond acceptors (Lipinski definition) is 3. The summed E-state index contributed by atoms with van der Waals surface area (Å²) in [6.07, 6.45) is 5.59.